The number of nitrogens with one attached hydrogen (secondary N) is 1. The smallest absolute Gasteiger partial charge is 0.224 e. The number of benzene rings is 1. The Kier molecular flexibility index (Phi) is 5.18. The Morgan fingerprint density at radius 2 is 1.92 bits per heavy atom. The number of hydrogen-bond donors (Lipinski definition) is 1. The van der Waals surface area contributed by atoms with Gasteiger partial charge in [-0.25, -0.2) is 0 Å². The van der Waals surface area contributed by atoms with Crippen molar-refractivity contribution in [3.05, 3.63) is 36.5 Å². The average molecular weight is 327 g/mol. The quantitative estimate of drug-likeness (QED) is 0.917. The van der Waals surface area contributed by atoms with Gasteiger partial charge < -0.3 is 14.8 Å². The van der Waals surface area contributed by atoms with Gasteiger partial charge in [0, 0.05) is 51.2 Å². The summed E-state index contributed by atoms with van der Waals surface area (Å²) in [7, 11) is 1.67. The summed E-state index contributed by atoms with van der Waals surface area (Å²) in [5, 5.41) is 3.88. The highest BCUT2D eigenvalue weighted by Crippen LogP contribution is 2.21. The molecule has 1 N–H and O–H groups in total. The number of likely N-dealkylation sites (tertiary alicyclic amines) is 1. The number of aryl methyl sites for hydroxylation is 1. The molecule has 0 radical (unpaired) electrons. The van der Waals surface area contributed by atoms with Gasteiger partial charge in [-0.15, -0.1) is 0 Å². The molecule has 1 saturated heterocycles. The molecule has 0 aliphatic carbocycles. The molecule has 0 atom stereocenters. The van der Waals surface area contributed by atoms with Gasteiger partial charge in [-0.3, -0.25) is 9.59 Å². The van der Waals surface area contributed by atoms with Gasteiger partial charge in [0.15, 0.2) is 0 Å². The number of piperidine rings is 1. The van der Waals surface area contributed by atoms with Crippen molar-refractivity contribution in [3.63, 3.8) is 0 Å². The Balaban J connectivity index is 1.49. The molecule has 1 aromatic heterocycles. The largest absolute Gasteiger partial charge is 0.359 e. The van der Waals surface area contributed by atoms with E-state index < -0.39 is 0 Å². The molecule has 0 unspecified atom stereocenters. The Morgan fingerprint density at radius 1 is 1.17 bits per heavy atom. The van der Waals surface area contributed by atoms with Crippen molar-refractivity contribution in [2.24, 2.45) is 5.92 Å². The molecule has 0 saturated carbocycles. The molecule has 24 heavy (non-hydrogen) atoms. The fraction of sp³-hybridized carbons (Fsp3) is 0.474. The van der Waals surface area contributed by atoms with E-state index in [9.17, 15) is 9.59 Å². The third kappa shape index (κ3) is 3.78. The van der Waals surface area contributed by atoms with E-state index in [1.165, 1.54) is 10.9 Å². The van der Waals surface area contributed by atoms with Crippen LogP contribution in [-0.4, -0.2) is 41.4 Å². The van der Waals surface area contributed by atoms with E-state index in [0.717, 1.165) is 25.9 Å². The van der Waals surface area contributed by atoms with E-state index in [1.54, 1.807) is 7.05 Å². The molecular formula is C19H25N3O2. The zero-order valence-electron chi connectivity index (χ0n) is 14.2. The number of hydrogen-bond acceptors (Lipinski definition) is 2. The molecule has 2 aromatic rings. The van der Waals surface area contributed by atoms with Crippen molar-refractivity contribution in [2.75, 3.05) is 20.1 Å². The predicted molar refractivity (Wildman–Crippen MR) is 94.5 cm³/mol. The number of carbonyl (C=O) groups excluding carboxylic acids is 2. The zero-order valence-corrected chi connectivity index (χ0v) is 14.2. The van der Waals surface area contributed by atoms with Crippen LogP contribution in [0.25, 0.3) is 10.9 Å². The van der Waals surface area contributed by atoms with Gasteiger partial charge in [0.05, 0.1) is 0 Å². The third-order valence-corrected chi connectivity index (χ3v) is 4.97. The standard InChI is InChI=1S/C19H25N3O2/c1-20-18(23)14-15-6-10-22(11-7-15)19(24)9-13-21-12-8-16-4-2-3-5-17(16)21/h2-5,8,12,15H,6-7,9-11,13-14H2,1H3,(H,20,23). The molecule has 1 fully saturated rings. The molecule has 128 valence electrons. The van der Waals surface area contributed by atoms with Crippen LogP contribution < -0.4 is 5.32 Å². The van der Waals surface area contributed by atoms with E-state index in [1.807, 2.05) is 23.2 Å². The van der Waals surface area contributed by atoms with Gasteiger partial charge in [-0.1, -0.05) is 18.2 Å². The van der Waals surface area contributed by atoms with Crippen LogP contribution in [-0.2, 0) is 16.1 Å². The first-order chi connectivity index (χ1) is 11.7. The van der Waals surface area contributed by atoms with E-state index in [-0.39, 0.29) is 11.8 Å². The van der Waals surface area contributed by atoms with Crippen molar-refractivity contribution in [3.8, 4) is 0 Å². The highest BCUT2D eigenvalue weighted by atomic mass is 16.2. The summed E-state index contributed by atoms with van der Waals surface area (Å²) in [6, 6.07) is 10.3. The topological polar surface area (TPSA) is 54.3 Å². The van der Waals surface area contributed by atoms with Gasteiger partial charge in [-0.05, 0) is 36.3 Å². The predicted octanol–water partition coefficient (Wildman–Crippen LogP) is 2.41. The average Bonchev–Trinajstić information content (AvgIpc) is 3.03. The van der Waals surface area contributed by atoms with Crippen LogP contribution in [0.5, 0.6) is 0 Å². The number of rotatable bonds is 5. The molecule has 0 spiro atoms. The van der Waals surface area contributed by atoms with Crippen LogP contribution in [0.2, 0.25) is 0 Å². The molecule has 1 aliphatic rings. The first kappa shape index (κ1) is 16.6. The number of fused-ring (bicyclic) bond motifs is 1. The summed E-state index contributed by atoms with van der Waals surface area (Å²) in [4.78, 5) is 25.8. The number of nitrogens with zero attached hydrogens (tertiary/aromatic N) is 2. The maximum Gasteiger partial charge on any atom is 0.224 e. The normalized spacial score (nSPS) is 15.6. The Bertz CT molecular complexity index is 714. The van der Waals surface area contributed by atoms with Gasteiger partial charge in [0.1, 0.15) is 0 Å². The SMILES string of the molecule is CNC(=O)CC1CCN(C(=O)CCn2ccc3ccccc32)CC1. The fourth-order valence-corrected chi connectivity index (χ4v) is 3.46. The van der Waals surface area contributed by atoms with Gasteiger partial charge in [-0.2, -0.15) is 0 Å². The summed E-state index contributed by atoms with van der Waals surface area (Å²) in [5.74, 6) is 0.716. The van der Waals surface area contributed by atoms with E-state index in [4.69, 9.17) is 0 Å². The van der Waals surface area contributed by atoms with E-state index in [2.05, 4.69) is 28.1 Å². The lowest BCUT2D eigenvalue weighted by Gasteiger charge is -2.31. The second kappa shape index (κ2) is 7.51. The van der Waals surface area contributed by atoms with Gasteiger partial charge in [0.2, 0.25) is 11.8 Å². The van der Waals surface area contributed by atoms with E-state index in [0.29, 0.717) is 25.3 Å². The maximum absolute atomic E-state index is 12.4. The number of amides is 2. The minimum atomic E-state index is 0.0965. The first-order valence-electron chi connectivity index (χ1n) is 8.69. The van der Waals surface area contributed by atoms with Crippen molar-refractivity contribution in [1.29, 1.82) is 0 Å². The van der Waals surface area contributed by atoms with Crippen LogP contribution >= 0.6 is 0 Å². The van der Waals surface area contributed by atoms with Crippen LogP contribution in [0.3, 0.4) is 0 Å². The van der Waals surface area contributed by atoms with Gasteiger partial charge >= 0.3 is 0 Å². The molecule has 1 aliphatic heterocycles. The van der Waals surface area contributed by atoms with Crippen molar-refractivity contribution in [2.45, 2.75) is 32.2 Å². The number of aromatic nitrogens is 1. The Morgan fingerprint density at radius 3 is 2.67 bits per heavy atom. The molecule has 2 heterocycles. The van der Waals surface area contributed by atoms with Crippen LogP contribution in [0.1, 0.15) is 25.7 Å². The summed E-state index contributed by atoms with van der Waals surface area (Å²) >= 11 is 0. The van der Waals surface area contributed by atoms with Crippen molar-refractivity contribution >= 4 is 22.7 Å². The highest BCUT2D eigenvalue weighted by Gasteiger charge is 2.23. The van der Waals surface area contributed by atoms with Crippen LogP contribution in [0.4, 0.5) is 0 Å². The molecule has 3 rings (SSSR count). The van der Waals surface area contributed by atoms with Gasteiger partial charge in [0.25, 0.3) is 0 Å². The molecular weight excluding hydrogens is 302 g/mol. The van der Waals surface area contributed by atoms with Crippen LogP contribution in [0, 0.1) is 5.92 Å². The first-order valence-corrected chi connectivity index (χ1v) is 8.69. The minimum absolute atomic E-state index is 0.0965. The highest BCUT2D eigenvalue weighted by molar-refractivity contribution is 5.80. The second-order valence-corrected chi connectivity index (χ2v) is 6.52. The third-order valence-electron chi connectivity index (χ3n) is 4.97. The van der Waals surface area contributed by atoms with Crippen molar-refractivity contribution in [1.82, 2.24) is 14.8 Å². The monoisotopic (exact) mass is 327 g/mol. The lowest BCUT2D eigenvalue weighted by Crippen LogP contribution is -2.39. The summed E-state index contributed by atoms with van der Waals surface area (Å²) in [6.07, 6.45) is 5.00. The molecule has 5 nitrogen and oxygen atoms in total. The number of para-hydroxylation sites is 1. The lowest BCUT2D eigenvalue weighted by atomic mass is 9.93. The minimum Gasteiger partial charge on any atom is -0.359 e. The number of carbonyl (C=O) groups is 2. The molecule has 2 amide bonds. The fourth-order valence-electron chi connectivity index (χ4n) is 3.46. The zero-order chi connectivity index (χ0) is 16.9. The molecule has 5 heteroatoms. The summed E-state index contributed by atoms with van der Waals surface area (Å²) < 4.78 is 2.14. The van der Waals surface area contributed by atoms with Crippen molar-refractivity contribution < 1.29 is 9.59 Å². The van der Waals surface area contributed by atoms with E-state index >= 15 is 0 Å². The summed E-state index contributed by atoms with van der Waals surface area (Å²) in [6.45, 7) is 2.25. The summed E-state index contributed by atoms with van der Waals surface area (Å²) in [5.41, 5.74) is 1.18. The molecule has 0 bridgehead atoms. The second-order valence-electron chi connectivity index (χ2n) is 6.52. The lowest BCUT2D eigenvalue weighted by molar-refractivity contribution is -0.133. The Hall–Kier alpha value is -2.30. The Labute approximate surface area is 142 Å². The molecule has 1 aromatic carbocycles. The van der Waals surface area contributed by atoms with Crippen LogP contribution in [0.15, 0.2) is 36.5 Å². The maximum atomic E-state index is 12.4.